The molecule has 0 saturated carbocycles. The largest absolute Gasteiger partial charge is 0.0622 e. The molecule has 0 saturated heterocycles. The van der Waals surface area contributed by atoms with Gasteiger partial charge < -0.3 is 0 Å². The van der Waals surface area contributed by atoms with Crippen molar-refractivity contribution in [2.24, 2.45) is 0 Å². The fourth-order valence-corrected chi connectivity index (χ4v) is 3.92. The molecular formula is C24H24. The van der Waals surface area contributed by atoms with Gasteiger partial charge in [-0.15, -0.1) is 0 Å². The van der Waals surface area contributed by atoms with Gasteiger partial charge in [-0.05, 0) is 50.9 Å². The Kier molecular flexibility index (Phi) is 3.38. The predicted octanol–water partition coefficient (Wildman–Crippen LogP) is 6.78. The Bertz CT molecular complexity index is 899. The maximum absolute atomic E-state index is 2.42. The van der Waals surface area contributed by atoms with Gasteiger partial charge in [-0.25, -0.2) is 0 Å². The van der Waals surface area contributed by atoms with E-state index in [1.54, 1.807) is 0 Å². The molecule has 0 bridgehead atoms. The van der Waals surface area contributed by atoms with Crippen LogP contribution in [0.25, 0.3) is 22.3 Å². The van der Waals surface area contributed by atoms with Crippen molar-refractivity contribution in [3.8, 4) is 22.3 Å². The average Bonchev–Trinajstić information content (AvgIpc) is 2.83. The lowest BCUT2D eigenvalue weighted by molar-refractivity contribution is 0.658. The average molecular weight is 312 g/mol. The minimum absolute atomic E-state index is 0.0559. The van der Waals surface area contributed by atoms with Crippen molar-refractivity contribution >= 4 is 0 Å². The second-order valence-electron chi connectivity index (χ2n) is 7.71. The fourth-order valence-electron chi connectivity index (χ4n) is 3.92. The third-order valence-corrected chi connectivity index (χ3v) is 5.47. The van der Waals surface area contributed by atoms with Gasteiger partial charge in [0, 0.05) is 5.41 Å². The monoisotopic (exact) mass is 312 g/mol. The zero-order valence-electron chi connectivity index (χ0n) is 14.9. The quantitative estimate of drug-likeness (QED) is 0.489. The van der Waals surface area contributed by atoms with Crippen LogP contribution in [0, 0.1) is 0 Å². The predicted molar refractivity (Wildman–Crippen MR) is 104 cm³/mol. The van der Waals surface area contributed by atoms with Crippen LogP contribution in [0.5, 0.6) is 0 Å². The molecule has 1 aliphatic carbocycles. The third kappa shape index (κ3) is 2.21. The van der Waals surface area contributed by atoms with E-state index in [4.69, 9.17) is 0 Å². The molecule has 0 atom stereocenters. The van der Waals surface area contributed by atoms with Gasteiger partial charge in [0.15, 0.2) is 0 Å². The van der Waals surface area contributed by atoms with E-state index in [1.165, 1.54) is 38.9 Å². The highest BCUT2D eigenvalue weighted by molar-refractivity contribution is 5.83. The first-order valence-electron chi connectivity index (χ1n) is 8.83. The minimum Gasteiger partial charge on any atom is -0.0622 e. The lowest BCUT2D eigenvalue weighted by Crippen LogP contribution is -2.15. The van der Waals surface area contributed by atoms with Crippen LogP contribution in [-0.4, -0.2) is 0 Å². The van der Waals surface area contributed by atoms with Crippen LogP contribution < -0.4 is 0 Å². The van der Waals surface area contributed by atoms with Gasteiger partial charge in [-0.1, -0.05) is 88.4 Å². The highest BCUT2D eigenvalue weighted by Crippen LogP contribution is 2.50. The molecule has 3 aromatic carbocycles. The van der Waals surface area contributed by atoms with E-state index < -0.39 is 0 Å². The van der Waals surface area contributed by atoms with Gasteiger partial charge in [-0.2, -0.15) is 0 Å². The molecular weight excluding hydrogens is 288 g/mol. The van der Waals surface area contributed by atoms with E-state index in [-0.39, 0.29) is 5.41 Å². The maximum Gasteiger partial charge on any atom is 0.0159 e. The van der Waals surface area contributed by atoms with Crippen LogP contribution >= 0.6 is 0 Å². The summed E-state index contributed by atoms with van der Waals surface area (Å²) in [5.41, 5.74) is 9.78. The lowest BCUT2D eigenvalue weighted by Gasteiger charge is -2.23. The summed E-state index contributed by atoms with van der Waals surface area (Å²) in [6.07, 6.45) is 0. The zero-order valence-corrected chi connectivity index (χ0v) is 14.9. The van der Waals surface area contributed by atoms with Crippen molar-refractivity contribution in [2.75, 3.05) is 0 Å². The summed E-state index contributed by atoms with van der Waals surface area (Å²) in [5, 5.41) is 0. The Balaban J connectivity index is 1.89. The van der Waals surface area contributed by atoms with E-state index in [0.29, 0.717) is 5.92 Å². The maximum atomic E-state index is 2.42. The van der Waals surface area contributed by atoms with Gasteiger partial charge >= 0.3 is 0 Å². The van der Waals surface area contributed by atoms with Crippen molar-refractivity contribution in [3.05, 3.63) is 83.4 Å². The summed E-state index contributed by atoms with van der Waals surface area (Å²) in [5.74, 6) is 0.565. The van der Waals surface area contributed by atoms with E-state index >= 15 is 0 Å². The molecule has 3 aromatic rings. The summed E-state index contributed by atoms with van der Waals surface area (Å²) >= 11 is 0. The molecule has 0 aliphatic heterocycles. The topological polar surface area (TPSA) is 0 Å². The Morgan fingerprint density at radius 2 is 1.29 bits per heavy atom. The first-order chi connectivity index (χ1) is 11.5. The highest BCUT2D eigenvalue weighted by atomic mass is 14.4. The van der Waals surface area contributed by atoms with Crippen LogP contribution in [-0.2, 0) is 5.41 Å². The highest BCUT2D eigenvalue weighted by Gasteiger charge is 2.35. The number of hydrogen-bond donors (Lipinski definition) is 0. The molecule has 0 unspecified atom stereocenters. The Hall–Kier alpha value is -2.34. The van der Waals surface area contributed by atoms with Gasteiger partial charge in [0.25, 0.3) is 0 Å². The second-order valence-corrected chi connectivity index (χ2v) is 7.71. The van der Waals surface area contributed by atoms with Crippen molar-refractivity contribution in [2.45, 2.75) is 39.0 Å². The number of benzene rings is 3. The van der Waals surface area contributed by atoms with Crippen molar-refractivity contribution < 1.29 is 0 Å². The second kappa shape index (κ2) is 5.34. The molecule has 0 heteroatoms. The van der Waals surface area contributed by atoms with Gasteiger partial charge in [0.05, 0.1) is 0 Å². The third-order valence-electron chi connectivity index (χ3n) is 5.47. The molecule has 0 spiro atoms. The van der Waals surface area contributed by atoms with Crippen LogP contribution in [0.15, 0.2) is 66.7 Å². The SMILES string of the molecule is CC(C)c1ccc2c(c1)C(C)(C)c1cc(-c3ccccc3)ccc1-2. The summed E-state index contributed by atoms with van der Waals surface area (Å²) in [6.45, 7) is 9.25. The van der Waals surface area contributed by atoms with E-state index in [0.717, 1.165) is 0 Å². The van der Waals surface area contributed by atoms with E-state index in [2.05, 4.69) is 94.4 Å². The van der Waals surface area contributed by atoms with Gasteiger partial charge in [0.1, 0.15) is 0 Å². The van der Waals surface area contributed by atoms with Gasteiger partial charge in [-0.3, -0.25) is 0 Å². The smallest absolute Gasteiger partial charge is 0.0159 e. The number of rotatable bonds is 2. The standard InChI is InChI=1S/C24H24/c1-16(2)18-10-12-20-21-13-11-19(17-8-6-5-7-9-17)15-23(21)24(3,4)22(20)14-18/h5-16H,1-4H3. The molecule has 4 rings (SSSR count). The van der Waals surface area contributed by atoms with Gasteiger partial charge in [0.2, 0.25) is 0 Å². The molecule has 0 fully saturated rings. The summed E-state index contributed by atoms with van der Waals surface area (Å²) in [7, 11) is 0. The number of fused-ring (bicyclic) bond motifs is 3. The molecule has 0 N–H and O–H groups in total. The fraction of sp³-hybridized carbons (Fsp3) is 0.250. The minimum atomic E-state index is 0.0559. The zero-order chi connectivity index (χ0) is 16.9. The molecule has 0 radical (unpaired) electrons. The molecule has 120 valence electrons. The molecule has 0 heterocycles. The van der Waals surface area contributed by atoms with Crippen LogP contribution in [0.1, 0.15) is 50.3 Å². The van der Waals surface area contributed by atoms with E-state index in [9.17, 15) is 0 Å². The first-order valence-corrected chi connectivity index (χ1v) is 8.83. The Labute approximate surface area is 145 Å². The molecule has 24 heavy (non-hydrogen) atoms. The van der Waals surface area contributed by atoms with Crippen LogP contribution in [0.2, 0.25) is 0 Å². The van der Waals surface area contributed by atoms with Crippen LogP contribution in [0.4, 0.5) is 0 Å². The van der Waals surface area contributed by atoms with Crippen molar-refractivity contribution in [1.29, 1.82) is 0 Å². The summed E-state index contributed by atoms with van der Waals surface area (Å²) < 4.78 is 0. The molecule has 0 amide bonds. The van der Waals surface area contributed by atoms with Crippen molar-refractivity contribution in [3.63, 3.8) is 0 Å². The molecule has 0 aromatic heterocycles. The first kappa shape index (κ1) is 15.2. The van der Waals surface area contributed by atoms with Crippen LogP contribution in [0.3, 0.4) is 0 Å². The lowest BCUT2D eigenvalue weighted by atomic mass is 9.80. The van der Waals surface area contributed by atoms with E-state index in [1.807, 2.05) is 0 Å². The Morgan fingerprint density at radius 1 is 0.667 bits per heavy atom. The summed E-state index contributed by atoms with van der Waals surface area (Å²) in [6, 6.07) is 24.7. The molecule has 1 aliphatic rings. The number of hydrogen-bond acceptors (Lipinski definition) is 0. The normalized spacial score (nSPS) is 14.5. The van der Waals surface area contributed by atoms with Crippen molar-refractivity contribution in [1.82, 2.24) is 0 Å². The Morgan fingerprint density at radius 3 is 1.96 bits per heavy atom. The molecule has 0 nitrogen and oxygen atoms in total. The summed E-state index contributed by atoms with van der Waals surface area (Å²) in [4.78, 5) is 0.